The van der Waals surface area contributed by atoms with Gasteiger partial charge in [-0.25, -0.2) is 0 Å². The van der Waals surface area contributed by atoms with Gasteiger partial charge in [0.15, 0.2) is 0 Å². The zero-order valence-corrected chi connectivity index (χ0v) is 5.66. The number of allylic oxidation sites excluding steroid dienone is 1. The molecule has 0 aromatic rings. The van der Waals surface area contributed by atoms with Crippen LogP contribution in [0.25, 0.3) is 0 Å². The second-order valence-corrected chi connectivity index (χ2v) is 3.56. The third-order valence-electron chi connectivity index (χ3n) is 0.254. The van der Waals surface area contributed by atoms with Crippen LogP contribution in [0, 0.1) is 0 Å². The van der Waals surface area contributed by atoms with Crippen LogP contribution in [0.3, 0.4) is 0 Å². The summed E-state index contributed by atoms with van der Waals surface area (Å²) in [4.78, 5) is 0. The number of rotatable bonds is 1. The Balaban J connectivity index is 2.83. The van der Waals surface area contributed by atoms with Gasteiger partial charge < -0.3 is 0 Å². The van der Waals surface area contributed by atoms with Gasteiger partial charge in [-0.15, -0.1) is 0 Å². The van der Waals surface area contributed by atoms with E-state index in [4.69, 9.17) is 0 Å². The molecule has 2 unspecified atom stereocenters. The van der Waals surface area contributed by atoms with Gasteiger partial charge in [0.05, 0.1) is 0 Å². The van der Waals surface area contributed by atoms with Crippen molar-refractivity contribution in [2.75, 3.05) is 0 Å². The van der Waals surface area contributed by atoms with Crippen LogP contribution in [0.4, 0.5) is 0 Å². The normalized spacial score (nSPS) is 13.6. The van der Waals surface area contributed by atoms with E-state index in [1.807, 2.05) is 6.08 Å². The molecule has 0 aromatic carbocycles. The molecule has 0 amide bonds. The minimum atomic E-state index is 0.565. The summed E-state index contributed by atoms with van der Waals surface area (Å²) in [7, 11) is 2.62. The maximum atomic E-state index is 3.54. The van der Waals surface area contributed by atoms with Gasteiger partial charge in [0.25, 0.3) is 0 Å². The van der Waals surface area contributed by atoms with E-state index in [1.165, 1.54) is 0 Å². The minimum absolute atomic E-state index is 0.565. The van der Waals surface area contributed by atoms with E-state index in [0.717, 1.165) is 0 Å². The summed E-state index contributed by atoms with van der Waals surface area (Å²) in [6, 6.07) is 0. The van der Waals surface area contributed by atoms with Gasteiger partial charge in [-0.05, 0) is 0 Å². The summed E-state index contributed by atoms with van der Waals surface area (Å²) in [5.74, 6) is 0. The summed E-state index contributed by atoms with van der Waals surface area (Å²) >= 11 is 2.07. The molecule has 0 bridgehead atoms. The first kappa shape index (κ1) is 5.88. The molecule has 0 aliphatic carbocycles. The predicted octanol–water partition coefficient (Wildman–Crippen LogP) is 0.920. The first-order valence-electron chi connectivity index (χ1n) is 1.36. The first-order valence-corrected chi connectivity index (χ1v) is 2.93. The van der Waals surface area contributed by atoms with Crippen LogP contribution < -0.4 is 0 Å². The molecule has 0 spiro atoms. The molecule has 0 radical (unpaired) electrons. The molecular weight excluding hydrogens is 115 g/mol. The molecule has 0 heterocycles. The van der Waals surface area contributed by atoms with Crippen LogP contribution in [-0.4, -0.2) is 3.96 Å². The Bertz CT molecular complexity index is 33.9. The third kappa shape index (κ3) is 4.88. The standard InChI is InChI=1S/C3H6P.Ti/c1-2-3-4;/h2-3H,1,4H2;. The predicted molar refractivity (Wildman–Crippen MR) is 23.7 cm³/mol. The molecule has 0 aromatic heterocycles. The molecule has 0 N–H and O–H groups in total. The van der Waals surface area contributed by atoms with Crippen molar-refractivity contribution in [2.24, 2.45) is 0 Å². The zero-order valence-electron chi connectivity index (χ0n) is 2.94. The maximum absolute atomic E-state index is 3.54. The fourth-order valence-electron chi connectivity index (χ4n) is 0. The average molecular weight is 121 g/mol. The van der Waals surface area contributed by atoms with E-state index in [-0.39, 0.29) is 0 Å². The Labute approximate surface area is 46.6 Å². The molecular formula is C3H6PTi. The van der Waals surface area contributed by atoms with Gasteiger partial charge in [-0.1, -0.05) is 0 Å². The van der Waals surface area contributed by atoms with Crippen molar-refractivity contribution < 1.29 is 20.4 Å². The van der Waals surface area contributed by atoms with Crippen molar-refractivity contribution in [1.82, 2.24) is 0 Å². The van der Waals surface area contributed by atoms with Gasteiger partial charge in [-0.2, -0.15) is 0 Å². The van der Waals surface area contributed by atoms with Crippen LogP contribution in [0.5, 0.6) is 0 Å². The fourth-order valence-corrected chi connectivity index (χ4v) is 0. The Kier molecular flexibility index (Phi) is 3.64. The molecule has 27 valence electrons. The van der Waals surface area contributed by atoms with Gasteiger partial charge in [0.1, 0.15) is 0 Å². The second-order valence-electron chi connectivity index (χ2n) is 0.761. The molecule has 0 rings (SSSR count). The number of hydrogen-bond acceptors (Lipinski definition) is 0. The summed E-state index contributed by atoms with van der Waals surface area (Å²) in [6.45, 7) is 3.54. The fraction of sp³-hybridized carbons (Fsp3) is 0.333. The Hall–Kier alpha value is 0.884. The molecule has 0 nitrogen and oxygen atoms in total. The quantitative estimate of drug-likeness (QED) is 0.275. The molecule has 2 heteroatoms. The van der Waals surface area contributed by atoms with Crippen LogP contribution in [0.2, 0.25) is 0 Å². The second kappa shape index (κ2) is 3.09. The monoisotopic (exact) mass is 121 g/mol. The molecule has 0 saturated carbocycles. The van der Waals surface area contributed by atoms with Gasteiger partial charge in [-0.3, -0.25) is 0 Å². The molecule has 5 heavy (non-hydrogen) atoms. The third-order valence-corrected chi connectivity index (χ3v) is 0.894. The van der Waals surface area contributed by atoms with Crippen molar-refractivity contribution in [3.05, 3.63) is 12.7 Å². The van der Waals surface area contributed by atoms with Crippen LogP contribution in [-0.2, 0) is 20.4 Å². The Morgan fingerprint density at radius 3 is 2.20 bits per heavy atom. The summed E-state index contributed by atoms with van der Waals surface area (Å²) in [5, 5.41) is 0. The van der Waals surface area contributed by atoms with Gasteiger partial charge in [0.2, 0.25) is 0 Å². The number of hydrogen-bond donors (Lipinski definition) is 0. The summed E-state index contributed by atoms with van der Waals surface area (Å²) < 4.78 is 0.565. The molecule has 2 atom stereocenters. The van der Waals surface area contributed by atoms with Crippen molar-refractivity contribution in [2.45, 2.75) is 3.96 Å². The summed E-state index contributed by atoms with van der Waals surface area (Å²) in [6.07, 6.45) is 1.88. The zero-order chi connectivity index (χ0) is 4.28. The van der Waals surface area contributed by atoms with Crippen molar-refractivity contribution in [1.29, 1.82) is 0 Å². The van der Waals surface area contributed by atoms with E-state index in [0.29, 0.717) is 3.96 Å². The van der Waals surface area contributed by atoms with Crippen molar-refractivity contribution in [3.8, 4) is 0 Å². The van der Waals surface area contributed by atoms with Crippen LogP contribution in [0.15, 0.2) is 12.7 Å². The topological polar surface area (TPSA) is 0 Å². The van der Waals surface area contributed by atoms with Gasteiger partial charge in [0, 0.05) is 0 Å². The van der Waals surface area contributed by atoms with E-state index in [9.17, 15) is 0 Å². The van der Waals surface area contributed by atoms with E-state index in [2.05, 4.69) is 36.3 Å². The molecule has 0 fully saturated rings. The van der Waals surface area contributed by atoms with Crippen molar-refractivity contribution >= 4 is 9.24 Å². The first-order chi connectivity index (χ1) is 2.27. The van der Waals surface area contributed by atoms with E-state index in [1.54, 1.807) is 0 Å². The SMILES string of the molecule is C=C[CH](P)[Ti]. The van der Waals surface area contributed by atoms with Crippen LogP contribution in [0.1, 0.15) is 0 Å². The molecule has 0 saturated heterocycles. The summed E-state index contributed by atoms with van der Waals surface area (Å²) in [5.41, 5.74) is 0. The molecule has 0 aliphatic heterocycles. The Morgan fingerprint density at radius 2 is 2.20 bits per heavy atom. The van der Waals surface area contributed by atoms with Gasteiger partial charge >= 0.3 is 46.3 Å². The average Bonchev–Trinajstić information content (AvgIpc) is 1.38. The Morgan fingerprint density at radius 1 is 2.00 bits per heavy atom. The molecule has 0 aliphatic rings. The van der Waals surface area contributed by atoms with Crippen LogP contribution >= 0.6 is 9.24 Å². The van der Waals surface area contributed by atoms with E-state index >= 15 is 0 Å². The van der Waals surface area contributed by atoms with Crippen molar-refractivity contribution in [3.63, 3.8) is 0 Å². The van der Waals surface area contributed by atoms with E-state index < -0.39 is 0 Å².